The minimum Gasteiger partial charge on any atom is -0.494 e. The van der Waals surface area contributed by atoms with Crippen molar-refractivity contribution in [2.24, 2.45) is 0 Å². The van der Waals surface area contributed by atoms with E-state index in [4.69, 9.17) is 9.47 Å². The van der Waals surface area contributed by atoms with Gasteiger partial charge in [0.2, 0.25) is 5.78 Å². The minimum absolute atomic E-state index is 0.0697. The number of ketones is 1. The number of Topliss-reactive ketones (excluding diaryl/α,β-unsaturated/α-hetero) is 1. The second kappa shape index (κ2) is 8.89. The Bertz CT molecular complexity index is 813. The van der Waals surface area contributed by atoms with Gasteiger partial charge < -0.3 is 9.47 Å². The van der Waals surface area contributed by atoms with Gasteiger partial charge in [-0.05, 0) is 55.8 Å². The van der Waals surface area contributed by atoms with Gasteiger partial charge in [-0.3, -0.25) is 4.79 Å². The molecule has 0 saturated heterocycles. The Morgan fingerprint density at radius 1 is 1.08 bits per heavy atom. The lowest BCUT2D eigenvalue weighted by Crippen LogP contribution is -2.23. The first-order chi connectivity index (χ1) is 12.4. The number of ether oxygens (including phenoxy) is 2. The van der Waals surface area contributed by atoms with Crippen LogP contribution in [-0.4, -0.2) is 24.5 Å². The molecular formula is C20H18F2O4. The number of halogens is 2. The van der Waals surface area contributed by atoms with E-state index in [1.807, 2.05) is 6.92 Å². The zero-order valence-electron chi connectivity index (χ0n) is 14.4. The molecule has 0 aliphatic rings. The highest BCUT2D eigenvalue weighted by atomic mass is 19.2. The largest absolute Gasteiger partial charge is 0.494 e. The Labute approximate surface area is 150 Å². The highest BCUT2D eigenvalue weighted by Gasteiger charge is 2.19. The lowest BCUT2D eigenvalue weighted by molar-refractivity contribution is -0.140. The molecule has 136 valence electrons. The van der Waals surface area contributed by atoms with Crippen LogP contribution in [0, 0.1) is 11.6 Å². The van der Waals surface area contributed by atoms with Gasteiger partial charge in [0, 0.05) is 11.6 Å². The Kier molecular flexibility index (Phi) is 6.60. The van der Waals surface area contributed by atoms with Crippen LogP contribution in [0.15, 0.2) is 48.5 Å². The highest BCUT2D eigenvalue weighted by Crippen LogP contribution is 2.14. The van der Waals surface area contributed by atoms with E-state index in [1.54, 1.807) is 24.3 Å². The number of esters is 1. The van der Waals surface area contributed by atoms with Crippen LogP contribution in [-0.2, 0) is 9.53 Å². The van der Waals surface area contributed by atoms with Crippen molar-refractivity contribution < 1.29 is 27.8 Å². The molecule has 26 heavy (non-hydrogen) atoms. The molecule has 0 aliphatic heterocycles. The van der Waals surface area contributed by atoms with E-state index < -0.39 is 29.5 Å². The SMILES string of the molecule is CCOc1ccc(/C=C/C(=O)OC(C)C(=O)c2ccc(F)c(F)c2)cc1. The fraction of sp³-hybridized carbons (Fsp3) is 0.200. The molecule has 0 aromatic heterocycles. The number of benzene rings is 2. The summed E-state index contributed by atoms with van der Waals surface area (Å²) in [7, 11) is 0. The second-order valence-corrected chi connectivity index (χ2v) is 5.41. The fourth-order valence-corrected chi connectivity index (χ4v) is 2.16. The lowest BCUT2D eigenvalue weighted by Gasteiger charge is -2.11. The molecule has 2 aromatic rings. The van der Waals surface area contributed by atoms with Crippen molar-refractivity contribution in [3.05, 3.63) is 71.3 Å². The van der Waals surface area contributed by atoms with E-state index in [-0.39, 0.29) is 5.56 Å². The van der Waals surface area contributed by atoms with Crippen molar-refractivity contribution in [3.8, 4) is 5.75 Å². The van der Waals surface area contributed by atoms with Crippen molar-refractivity contribution in [1.29, 1.82) is 0 Å². The molecule has 0 radical (unpaired) electrons. The maximum Gasteiger partial charge on any atom is 0.331 e. The molecule has 0 bridgehead atoms. The van der Waals surface area contributed by atoms with E-state index in [0.717, 1.165) is 29.5 Å². The Balaban J connectivity index is 1.95. The summed E-state index contributed by atoms with van der Waals surface area (Å²) in [6.45, 7) is 3.81. The summed E-state index contributed by atoms with van der Waals surface area (Å²) >= 11 is 0. The standard InChI is InChI=1S/C20H18F2O4/c1-3-25-16-8-4-14(5-9-16)6-11-19(23)26-13(2)20(24)15-7-10-17(21)18(22)12-15/h4-13H,3H2,1-2H3/b11-6+. The van der Waals surface area contributed by atoms with Gasteiger partial charge in [-0.25, -0.2) is 13.6 Å². The smallest absolute Gasteiger partial charge is 0.331 e. The zero-order valence-corrected chi connectivity index (χ0v) is 14.4. The monoisotopic (exact) mass is 360 g/mol. The molecule has 0 spiro atoms. The highest BCUT2D eigenvalue weighted by molar-refractivity contribution is 6.01. The van der Waals surface area contributed by atoms with Crippen LogP contribution in [0.4, 0.5) is 8.78 Å². The molecule has 0 heterocycles. The van der Waals surface area contributed by atoms with Crippen molar-refractivity contribution >= 4 is 17.8 Å². The van der Waals surface area contributed by atoms with Gasteiger partial charge in [-0.15, -0.1) is 0 Å². The second-order valence-electron chi connectivity index (χ2n) is 5.41. The van der Waals surface area contributed by atoms with Gasteiger partial charge >= 0.3 is 5.97 Å². The third-order valence-corrected chi connectivity index (χ3v) is 3.47. The molecular weight excluding hydrogens is 342 g/mol. The fourth-order valence-electron chi connectivity index (χ4n) is 2.16. The zero-order chi connectivity index (χ0) is 19.1. The van der Waals surface area contributed by atoms with Crippen molar-refractivity contribution in [2.45, 2.75) is 20.0 Å². The van der Waals surface area contributed by atoms with E-state index in [9.17, 15) is 18.4 Å². The summed E-state index contributed by atoms with van der Waals surface area (Å²) in [5.74, 6) is -2.80. The van der Waals surface area contributed by atoms with Gasteiger partial charge in [0.25, 0.3) is 0 Å². The van der Waals surface area contributed by atoms with E-state index >= 15 is 0 Å². The number of carbonyl (C=O) groups excluding carboxylic acids is 2. The number of rotatable bonds is 7. The first-order valence-electron chi connectivity index (χ1n) is 8.01. The van der Waals surface area contributed by atoms with Gasteiger partial charge in [0.05, 0.1) is 6.61 Å². The molecule has 0 N–H and O–H groups in total. The summed E-state index contributed by atoms with van der Waals surface area (Å²) in [6.07, 6.45) is 1.59. The predicted octanol–water partition coefficient (Wildman–Crippen LogP) is 4.19. The van der Waals surface area contributed by atoms with Crippen LogP contribution in [0.5, 0.6) is 5.75 Å². The summed E-state index contributed by atoms with van der Waals surface area (Å²) < 4.78 is 36.4. The molecule has 1 atom stereocenters. The van der Waals surface area contributed by atoms with Gasteiger partial charge in [-0.1, -0.05) is 12.1 Å². The predicted molar refractivity (Wildman–Crippen MR) is 92.9 cm³/mol. The van der Waals surface area contributed by atoms with Crippen LogP contribution in [0.1, 0.15) is 29.8 Å². The van der Waals surface area contributed by atoms with Crippen LogP contribution in [0.2, 0.25) is 0 Å². The van der Waals surface area contributed by atoms with Crippen LogP contribution < -0.4 is 4.74 Å². The quantitative estimate of drug-likeness (QED) is 0.422. The molecule has 0 saturated carbocycles. The topological polar surface area (TPSA) is 52.6 Å². The summed E-state index contributed by atoms with van der Waals surface area (Å²) in [4.78, 5) is 23.9. The Hall–Kier alpha value is -3.02. The van der Waals surface area contributed by atoms with Gasteiger partial charge in [-0.2, -0.15) is 0 Å². The average Bonchev–Trinajstić information content (AvgIpc) is 2.63. The molecule has 2 aromatic carbocycles. The number of carbonyl (C=O) groups is 2. The Morgan fingerprint density at radius 2 is 1.77 bits per heavy atom. The van der Waals surface area contributed by atoms with E-state index in [0.29, 0.717) is 6.61 Å². The molecule has 0 aliphatic carbocycles. The normalized spacial score (nSPS) is 12.0. The first-order valence-corrected chi connectivity index (χ1v) is 8.01. The number of hydrogen-bond donors (Lipinski definition) is 0. The number of hydrogen-bond acceptors (Lipinski definition) is 4. The maximum absolute atomic E-state index is 13.2. The maximum atomic E-state index is 13.2. The average molecular weight is 360 g/mol. The van der Waals surface area contributed by atoms with Gasteiger partial charge in [0.15, 0.2) is 17.7 Å². The molecule has 0 amide bonds. The minimum atomic E-state index is -1.13. The van der Waals surface area contributed by atoms with Crippen LogP contribution in [0.25, 0.3) is 6.08 Å². The molecule has 0 fully saturated rings. The van der Waals surface area contributed by atoms with Crippen LogP contribution >= 0.6 is 0 Å². The van der Waals surface area contributed by atoms with Crippen molar-refractivity contribution in [1.82, 2.24) is 0 Å². The molecule has 4 nitrogen and oxygen atoms in total. The van der Waals surface area contributed by atoms with Crippen LogP contribution in [0.3, 0.4) is 0 Å². The van der Waals surface area contributed by atoms with E-state index in [2.05, 4.69) is 0 Å². The third kappa shape index (κ3) is 5.24. The summed E-state index contributed by atoms with van der Waals surface area (Å²) in [5.41, 5.74) is 0.685. The van der Waals surface area contributed by atoms with E-state index in [1.165, 1.54) is 19.1 Å². The third-order valence-electron chi connectivity index (χ3n) is 3.47. The summed E-state index contributed by atoms with van der Waals surface area (Å²) in [5, 5.41) is 0. The van der Waals surface area contributed by atoms with Crippen molar-refractivity contribution in [3.63, 3.8) is 0 Å². The first kappa shape index (κ1) is 19.3. The van der Waals surface area contributed by atoms with Crippen molar-refractivity contribution in [2.75, 3.05) is 6.61 Å². The lowest BCUT2D eigenvalue weighted by atomic mass is 10.1. The Morgan fingerprint density at radius 3 is 2.38 bits per heavy atom. The summed E-state index contributed by atoms with van der Waals surface area (Å²) in [6, 6.07) is 9.84. The molecule has 6 heteroatoms. The molecule has 2 rings (SSSR count). The van der Waals surface area contributed by atoms with Gasteiger partial charge in [0.1, 0.15) is 5.75 Å². The molecule has 1 unspecified atom stereocenters.